The van der Waals surface area contributed by atoms with Crippen molar-refractivity contribution in [2.45, 2.75) is 58.2 Å². The van der Waals surface area contributed by atoms with Gasteiger partial charge in [-0.15, -0.1) is 0 Å². The minimum Gasteiger partial charge on any atom is -0.399 e. The molecule has 0 atom stereocenters. The first-order valence-corrected chi connectivity index (χ1v) is 7.36. The number of rotatable bonds is 1. The summed E-state index contributed by atoms with van der Waals surface area (Å²) in [5.74, 6) is 0.0311. The molecule has 0 aliphatic carbocycles. The lowest BCUT2D eigenvalue weighted by Crippen LogP contribution is -2.41. The Hall–Kier alpha value is -1.33. The van der Waals surface area contributed by atoms with E-state index in [0.717, 1.165) is 16.7 Å². The minimum atomic E-state index is -0.519. The van der Waals surface area contributed by atoms with Crippen LogP contribution >= 0.6 is 0 Å². The fourth-order valence-electron chi connectivity index (χ4n) is 2.71. The van der Waals surface area contributed by atoms with Gasteiger partial charge in [-0.2, -0.15) is 0 Å². The van der Waals surface area contributed by atoms with Crippen LogP contribution in [0.1, 0.15) is 47.1 Å². The number of hydrogen-bond acceptors (Lipinski definition) is 3. The number of benzene rings is 1. The van der Waals surface area contributed by atoms with Gasteiger partial charge < -0.3 is 14.6 Å². The van der Waals surface area contributed by atoms with E-state index in [2.05, 4.69) is 5.32 Å². The fourth-order valence-corrected chi connectivity index (χ4v) is 2.71. The predicted molar refractivity (Wildman–Crippen MR) is 83.8 cm³/mol. The van der Waals surface area contributed by atoms with Crippen LogP contribution in [0.2, 0.25) is 0 Å². The van der Waals surface area contributed by atoms with Crippen LogP contribution in [0.5, 0.6) is 0 Å². The molecule has 2 aliphatic heterocycles. The summed E-state index contributed by atoms with van der Waals surface area (Å²) in [6, 6.07) is 5.92. The summed E-state index contributed by atoms with van der Waals surface area (Å²) in [6.07, 6.45) is 0. The average Bonchev–Trinajstić information content (AvgIpc) is 2.71. The third-order valence-corrected chi connectivity index (χ3v) is 5.06. The van der Waals surface area contributed by atoms with Gasteiger partial charge in [-0.05, 0) is 58.6 Å². The van der Waals surface area contributed by atoms with Crippen LogP contribution in [0.4, 0.5) is 5.69 Å². The molecule has 0 saturated carbocycles. The third kappa shape index (κ3) is 2.02. The number of amides is 1. The van der Waals surface area contributed by atoms with Gasteiger partial charge >= 0.3 is 7.12 Å². The molecule has 5 heteroatoms. The molecular formula is C16H22BNO3. The molecule has 0 spiro atoms. The van der Waals surface area contributed by atoms with Gasteiger partial charge in [-0.3, -0.25) is 4.79 Å². The molecule has 4 nitrogen and oxygen atoms in total. The van der Waals surface area contributed by atoms with Gasteiger partial charge in [-0.25, -0.2) is 0 Å². The van der Waals surface area contributed by atoms with Gasteiger partial charge in [0.2, 0.25) is 5.91 Å². The molecule has 2 heterocycles. The maximum atomic E-state index is 12.0. The molecule has 1 saturated heterocycles. The van der Waals surface area contributed by atoms with E-state index >= 15 is 0 Å². The Kier molecular flexibility index (Phi) is 2.86. The van der Waals surface area contributed by atoms with Crippen molar-refractivity contribution in [3.05, 3.63) is 23.8 Å². The zero-order chi connectivity index (χ0) is 15.6. The second kappa shape index (κ2) is 4.11. The Bertz CT molecular complexity index is 606. The molecule has 1 aromatic carbocycles. The van der Waals surface area contributed by atoms with E-state index in [-0.39, 0.29) is 17.1 Å². The van der Waals surface area contributed by atoms with E-state index in [1.54, 1.807) is 0 Å². The summed E-state index contributed by atoms with van der Waals surface area (Å²) in [6.45, 7) is 12.0. The number of nitrogens with one attached hydrogen (secondary N) is 1. The normalized spacial score (nSPS) is 24.9. The average molecular weight is 287 g/mol. The fraction of sp³-hybridized carbons (Fsp3) is 0.562. The zero-order valence-electron chi connectivity index (χ0n) is 13.5. The molecule has 0 bridgehead atoms. The maximum Gasteiger partial charge on any atom is 0.494 e. The van der Waals surface area contributed by atoms with Crippen LogP contribution in [0.25, 0.3) is 0 Å². The largest absolute Gasteiger partial charge is 0.494 e. The standard InChI is InChI=1S/C16H22BNO3/c1-14(2)11-9-10(7-8-12(11)18-13(14)19)17-20-15(3,4)16(5,6)21-17/h7-9H,1-6H3,(H,18,19). The molecule has 112 valence electrons. The first-order chi connectivity index (χ1) is 9.54. The van der Waals surface area contributed by atoms with E-state index in [0.29, 0.717) is 0 Å². The van der Waals surface area contributed by atoms with Gasteiger partial charge in [0.05, 0.1) is 16.6 Å². The molecule has 0 radical (unpaired) electrons. The summed E-state index contributed by atoms with van der Waals surface area (Å²) in [4.78, 5) is 12.0. The van der Waals surface area contributed by atoms with Crippen molar-refractivity contribution in [1.82, 2.24) is 0 Å². The Balaban J connectivity index is 1.97. The Labute approximate surface area is 126 Å². The monoisotopic (exact) mass is 287 g/mol. The number of carbonyl (C=O) groups is 1. The number of carbonyl (C=O) groups excluding carboxylic acids is 1. The first-order valence-electron chi connectivity index (χ1n) is 7.36. The molecule has 1 amide bonds. The van der Waals surface area contributed by atoms with Gasteiger partial charge in [0.25, 0.3) is 0 Å². The summed E-state index contributed by atoms with van der Waals surface area (Å²) in [5, 5.41) is 2.92. The van der Waals surface area contributed by atoms with Crippen molar-refractivity contribution in [3.63, 3.8) is 0 Å². The molecule has 1 aromatic rings. The molecular weight excluding hydrogens is 265 g/mol. The van der Waals surface area contributed by atoms with Crippen molar-refractivity contribution >= 4 is 24.2 Å². The Morgan fingerprint density at radius 3 is 2.14 bits per heavy atom. The van der Waals surface area contributed by atoms with E-state index in [1.165, 1.54) is 0 Å². The minimum absolute atomic E-state index is 0.0311. The predicted octanol–water partition coefficient (Wildman–Crippen LogP) is 2.22. The second-order valence-corrected chi connectivity index (χ2v) is 7.47. The van der Waals surface area contributed by atoms with Crippen molar-refractivity contribution in [2.24, 2.45) is 0 Å². The molecule has 3 rings (SSSR count). The van der Waals surface area contributed by atoms with E-state index in [9.17, 15) is 4.79 Å². The third-order valence-electron chi connectivity index (χ3n) is 5.06. The molecule has 0 unspecified atom stereocenters. The Morgan fingerprint density at radius 1 is 1.00 bits per heavy atom. The molecule has 1 fully saturated rings. The lowest BCUT2D eigenvalue weighted by atomic mass is 9.75. The lowest BCUT2D eigenvalue weighted by Gasteiger charge is -2.32. The van der Waals surface area contributed by atoms with Crippen LogP contribution in [0.15, 0.2) is 18.2 Å². The Morgan fingerprint density at radius 2 is 1.57 bits per heavy atom. The van der Waals surface area contributed by atoms with Crippen LogP contribution in [-0.2, 0) is 19.5 Å². The van der Waals surface area contributed by atoms with Gasteiger partial charge in [-0.1, -0.05) is 12.1 Å². The molecule has 1 N–H and O–H groups in total. The van der Waals surface area contributed by atoms with Crippen molar-refractivity contribution in [2.75, 3.05) is 5.32 Å². The number of fused-ring (bicyclic) bond motifs is 1. The topological polar surface area (TPSA) is 47.6 Å². The van der Waals surface area contributed by atoms with Gasteiger partial charge in [0.1, 0.15) is 0 Å². The van der Waals surface area contributed by atoms with Crippen molar-refractivity contribution in [1.29, 1.82) is 0 Å². The smallest absolute Gasteiger partial charge is 0.399 e. The molecule has 21 heavy (non-hydrogen) atoms. The highest BCUT2D eigenvalue weighted by Crippen LogP contribution is 2.39. The molecule has 2 aliphatic rings. The zero-order valence-corrected chi connectivity index (χ0v) is 13.5. The van der Waals surface area contributed by atoms with Crippen molar-refractivity contribution in [3.8, 4) is 0 Å². The number of anilines is 1. The van der Waals surface area contributed by atoms with Crippen LogP contribution in [-0.4, -0.2) is 24.2 Å². The van der Waals surface area contributed by atoms with Gasteiger partial charge in [0.15, 0.2) is 0 Å². The van der Waals surface area contributed by atoms with Crippen LogP contribution in [0, 0.1) is 0 Å². The van der Waals surface area contributed by atoms with Crippen LogP contribution < -0.4 is 10.8 Å². The van der Waals surface area contributed by atoms with E-state index in [4.69, 9.17) is 9.31 Å². The summed E-state index contributed by atoms with van der Waals surface area (Å²) < 4.78 is 12.2. The number of hydrogen-bond donors (Lipinski definition) is 1. The highest BCUT2D eigenvalue weighted by molar-refractivity contribution is 6.62. The highest BCUT2D eigenvalue weighted by Gasteiger charge is 2.52. The van der Waals surface area contributed by atoms with E-state index in [1.807, 2.05) is 59.7 Å². The maximum absolute atomic E-state index is 12.0. The van der Waals surface area contributed by atoms with Crippen LogP contribution in [0.3, 0.4) is 0 Å². The molecule has 0 aromatic heterocycles. The van der Waals surface area contributed by atoms with E-state index < -0.39 is 12.5 Å². The quantitative estimate of drug-likeness (QED) is 0.806. The van der Waals surface area contributed by atoms with Crippen molar-refractivity contribution < 1.29 is 14.1 Å². The summed E-state index contributed by atoms with van der Waals surface area (Å²) in [7, 11) is -0.396. The SMILES string of the molecule is CC1(C)C(=O)Nc2ccc(B3OC(C)(C)C(C)(C)O3)cc21. The lowest BCUT2D eigenvalue weighted by molar-refractivity contribution is -0.119. The second-order valence-electron chi connectivity index (χ2n) is 7.47. The first kappa shape index (κ1) is 14.6. The summed E-state index contributed by atoms with van der Waals surface area (Å²) >= 11 is 0. The summed E-state index contributed by atoms with van der Waals surface area (Å²) in [5.41, 5.74) is 1.59. The highest BCUT2D eigenvalue weighted by atomic mass is 16.7. The van der Waals surface area contributed by atoms with Gasteiger partial charge in [0, 0.05) is 5.69 Å².